The van der Waals surface area contributed by atoms with Gasteiger partial charge in [0.1, 0.15) is 16.7 Å². The molecule has 0 aromatic heterocycles. The average molecular weight is 740 g/mol. The number of anilines is 2. The number of amides is 3. The summed E-state index contributed by atoms with van der Waals surface area (Å²) in [4.78, 5) is 40.7. The molecule has 5 aromatic rings. The minimum atomic E-state index is -0.506. The number of hydrogen-bond donors (Lipinski definition) is 3. The molecule has 0 bridgehead atoms. The van der Waals surface area contributed by atoms with Crippen LogP contribution >= 0.6 is 34.4 Å². The lowest BCUT2D eigenvalue weighted by Crippen LogP contribution is -2.30. The smallest absolute Gasteiger partial charge is 0.272 e. The molecule has 230 valence electrons. The summed E-state index contributed by atoms with van der Waals surface area (Å²) in [5.74, 6) is -0.356. The Balaban J connectivity index is 1.32. The van der Waals surface area contributed by atoms with Crippen molar-refractivity contribution in [3.05, 3.63) is 159 Å². The summed E-state index contributed by atoms with van der Waals surface area (Å²) in [7, 11) is 1.58. The molecule has 0 spiro atoms. The van der Waals surface area contributed by atoms with Crippen LogP contribution in [0.5, 0.6) is 5.75 Å². The Morgan fingerprint density at radius 2 is 1.30 bits per heavy atom. The van der Waals surface area contributed by atoms with E-state index < -0.39 is 17.1 Å². The predicted octanol–water partition coefficient (Wildman–Crippen LogP) is 8.18. The normalized spacial score (nSPS) is 11.7. The van der Waals surface area contributed by atoms with E-state index in [0.29, 0.717) is 22.6 Å². The van der Waals surface area contributed by atoms with E-state index in [1.54, 1.807) is 73.8 Å². The van der Waals surface area contributed by atoms with Gasteiger partial charge in [0.15, 0.2) is 0 Å². The van der Waals surface area contributed by atoms with E-state index in [1.165, 1.54) is 11.8 Å². The second-order valence-electron chi connectivity index (χ2n) is 10.0. The van der Waals surface area contributed by atoms with Crippen molar-refractivity contribution < 1.29 is 19.1 Å². The quantitative estimate of drug-likeness (QED) is 0.0722. The van der Waals surface area contributed by atoms with Crippen LogP contribution in [0.2, 0.25) is 0 Å². The molecule has 0 saturated heterocycles. The van der Waals surface area contributed by atoms with E-state index in [1.807, 2.05) is 72.8 Å². The SMILES string of the molecule is COc1ccc(/C=C(\NC(=O)c2ccccc2)C(=O)Nc2ccc(SC(C(=O)Nc3ccc(I)cc3)c3ccccc3)cc2)cc1. The number of rotatable bonds is 11. The summed E-state index contributed by atoms with van der Waals surface area (Å²) in [5.41, 5.74) is 3.34. The molecule has 0 aliphatic carbocycles. The number of methoxy groups -OCH3 is 1. The van der Waals surface area contributed by atoms with Crippen molar-refractivity contribution in [3.8, 4) is 5.75 Å². The number of carbonyl (C=O) groups excluding carboxylic acids is 3. The number of nitrogens with one attached hydrogen (secondary N) is 3. The van der Waals surface area contributed by atoms with Crippen LogP contribution < -0.4 is 20.7 Å². The Hall–Kier alpha value is -4.87. The maximum Gasteiger partial charge on any atom is 0.272 e. The van der Waals surface area contributed by atoms with E-state index in [2.05, 4.69) is 38.5 Å². The van der Waals surface area contributed by atoms with Crippen molar-refractivity contribution in [2.45, 2.75) is 10.1 Å². The second kappa shape index (κ2) is 15.9. The fourth-order valence-corrected chi connectivity index (χ4v) is 5.79. The molecule has 3 N–H and O–H groups in total. The van der Waals surface area contributed by atoms with Crippen LogP contribution in [0.25, 0.3) is 6.08 Å². The van der Waals surface area contributed by atoms with Crippen LogP contribution in [-0.4, -0.2) is 24.8 Å². The maximum atomic E-state index is 13.5. The third kappa shape index (κ3) is 9.09. The van der Waals surface area contributed by atoms with Gasteiger partial charge in [-0.3, -0.25) is 14.4 Å². The van der Waals surface area contributed by atoms with E-state index >= 15 is 0 Å². The van der Waals surface area contributed by atoms with E-state index in [4.69, 9.17) is 4.74 Å². The molecule has 0 heterocycles. The van der Waals surface area contributed by atoms with Gasteiger partial charge in [0.05, 0.1) is 7.11 Å². The second-order valence-corrected chi connectivity index (χ2v) is 12.5. The fraction of sp³-hybridized carbons (Fsp3) is 0.0541. The first-order chi connectivity index (χ1) is 22.4. The highest BCUT2D eigenvalue weighted by Crippen LogP contribution is 2.37. The standard InChI is InChI=1S/C37H30IN3O4S/c1-45-31-20-12-25(13-21-31)24-33(41-35(42)27-10-6-3-7-11-27)36(43)39-30-18-22-32(23-19-30)46-34(26-8-4-2-5-9-26)37(44)40-29-16-14-28(38)15-17-29/h2-24,34H,1H3,(H,39,43)(H,40,44)(H,41,42)/b33-24-. The third-order valence-electron chi connectivity index (χ3n) is 6.77. The molecule has 5 rings (SSSR count). The summed E-state index contributed by atoms with van der Waals surface area (Å²) < 4.78 is 6.31. The Bertz CT molecular complexity index is 1810. The van der Waals surface area contributed by atoms with Crippen molar-refractivity contribution >= 4 is 69.5 Å². The molecule has 7 nitrogen and oxygen atoms in total. The van der Waals surface area contributed by atoms with Crippen LogP contribution in [0.4, 0.5) is 11.4 Å². The van der Waals surface area contributed by atoms with Crippen molar-refractivity contribution in [1.82, 2.24) is 5.32 Å². The molecule has 46 heavy (non-hydrogen) atoms. The van der Waals surface area contributed by atoms with Gasteiger partial charge >= 0.3 is 0 Å². The molecular formula is C37H30IN3O4S. The number of halogens is 1. The van der Waals surface area contributed by atoms with E-state index in [-0.39, 0.29) is 11.6 Å². The zero-order valence-corrected chi connectivity index (χ0v) is 27.7. The van der Waals surface area contributed by atoms with Crippen LogP contribution in [-0.2, 0) is 9.59 Å². The fourth-order valence-electron chi connectivity index (χ4n) is 4.40. The van der Waals surface area contributed by atoms with Gasteiger partial charge < -0.3 is 20.7 Å². The van der Waals surface area contributed by atoms with Crippen LogP contribution in [0.15, 0.2) is 144 Å². The summed E-state index contributed by atoms with van der Waals surface area (Å²) in [5, 5.41) is 8.15. The minimum absolute atomic E-state index is 0.0777. The van der Waals surface area contributed by atoms with Gasteiger partial charge in [0.2, 0.25) is 5.91 Å². The third-order valence-corrected chi connectivity index (χ3v) is 8.76. The Morgan fingerprint density at radius 1 is 0.717 bits per heavy atom. The van der Waals surface area contributed by atoms with Gasteiger partial charge in [-0.15, -0.1) is 11.8 Å². The predicted molar refractivity (Wildman–Crippen MR) is 193 cm³/mol. The molecular weight excluding hydrogens is 709 g/mol. The van der Waals surface area contributed by atoms with Gasteiger partial charge in [-0.25, -0.2) is 0 Å². The first kappa shape index (κ1) is 32.5. The first-order valence-electron chi connectivity index (χ1n) is 14.3. The summed E-state index contributed by atoms with van der Waals surface area (Å²) >= 11 is 3.64. The Kier molecular flexibility index (Phi) is 11.3. The molecule has 0 aliphatic rings. The lowest BCUT2D eigenvalue weighted by molar-refractivity contribution is -0.116. The highest BCUT2D eigenvalue weighted by molar-refractivity contribution is 14.1. The summed E-state index contributed by atoms with van der Waals surface area (Å²) in [6.45, 7) is 0. The largest absolute Gasteiger partial charge is 0.497 e. The maximum absolute atomic E-state index is 13.5. The zero-order chi connectivity index (χ0) is 32.3. The van der Waals surface area contributed by atoms with Crippen molar-refractivity contribution in [2.24, 2.45) is 0 Å². The Labute approximate surface area is 285 Å². The number of thioether (sulfide) groups is 1. The monoisotopic (exact) mass is 739 g/mol. The Morgan fingerprint density at radius 3 is 1.93 bits per heavy atom. The minimum Gasteiger partial charge on any atom is -0.497 e. The summed E-state index contributed by atoms with van der Waals surface area (Å²) in [6.07, 6.45) is 1.61. The molecule has 1 unspecified atom stereocenters. The molecule has 0 radical (unpaired) electrons. The average Bonchev–Trinajstić information content (AvgIpc) is 3.09. The molecule has 9 heteroatoms. The number of hydrogen-bond acceptors (Lipinski definition) is 5. The van der Waals surface area contributed by atoms with Crippen LogP contribution in [0, 0.1) is 3.57 Å². The zero-order valence-electron chi connectivity index (χ0n) is 24.8. The number of carbonyl (C=O) groups is 3. The topological polar surface area (TPSA) is 96.5 Å². The molecule has 5 aromatic carbocycles. The molecule has 3 amide bonds. The number of ether oxygens (including phenoxy) is 1. The van der Waals surface area contributed by atoms with Gasteiger partial charge in [-0.05, 0) is 113 Å². The van der Waals surface area contributed by atoms with Gasteiger partial charge in [0.25, 0.3) is 11.8 Å². The molecule has 0 aliphatic heterocycles. The molecule has 0 fully saturated rings. The highest BCUT2D eigenvalue weighted by atomic mass is 127. The molecule has 1 atom stereocenters. The first-order valence-corrected chi connectivity index (χ1v) is 16.3. The number of benzene rings is 5. The van der Waals surface area contributed by atoms with E-state index in [0.717, 1.165) is 19.7 Å². The van der Waals surface area contributed by atoms with E-state index in [9.17, 15) is 14.4 Å². The van der Waals surface area contributed by atoms with Gasteiger partial charge in [-0.1, -0.05) is 60.7 Å². The lowest BCUT2D eigenvalue weighted by Gasteiger charge is -2.17. The van der Waals surface area contributed by atoms with Gasteiger partial charge in [-0.2, -0.15) is 0 Å². The van der Waals surface area contributed by atoms with Crippen molar-refractivity contribution in [1.29, 1.82) is 0 Å². The summed E-state index contributed by atoms with van der Waals surface area (Å²) in [6, 6.07) is 40.3. The van der Waals surface area contributed by atoms with Crippen LogP contribution in [0.1, 0.15) is 26.7 Å². The molecule has 0 saturated carbocycles. The van der Waals surface area contributed by atoms with Crippen molar-refractivity contribution in [2.75, 3.05) is 17.7 Å². The van der Waals surface area contributed by atoms with Crippen LogP contribution in [0.3, 0.4) is 0 Å². The lowest BCUT2D eigenvalue weighted by atomic mass is 10.1. The highest BCUT2D eigenvalue weighted by Gasteiger charge is 2.22. The van der Waals surface area contributed by atoms with Crippen molar-refractivity contribution in [3.63, 3.8) is 0 Å². The van der Waals surface area contributed by atoms with Gasteiger partial charge in [0, 0.05) is 25.4 Å².